The minimum atomic E-state index is 0.0488. The Morgan fingerprint density at radius 3 is 2.56 bits per heavy atom. The summed E-state index contributed by atoms with van der Waals surface area (Å²) in [5.41, 5.74) is 2.65. The van der Waals surface area contributed by atoms with Crippen molar-refractivity contribution in [3.8, 4) is 11.5 Å². The standard InChI is InChI=1S/C15H23NO2/c1-5-12-13(15(2)7-6-8-16-15)9-11(17-3)10-14(12)18-4/h9-10,16H,5-8H2,1-4H3. The minimum Gasteiger partial charge on any atom is -0.497 e. The van der Waals surface area contributed by atoms with Crippen LogP contribution in [0.15, 0.2) is 12.1 Å². The first kappa shape index (κ1) is 13.2. The van der Waals surface area contributed by atoms with Crippen LogP contribution in [0, 0.1) is 0 Å². The van der Waals surface area contributed by atoms with Crippen LogP contribution in [0.2, 0.25) is 0 Å². The van der Waals surface area contributed by atoms with Crippen LogP contribution >= 0.6 is 0 Å². The Balaban J connectivity index is 2.55. The van der Waals surface area contributed by atoms with Gasteiger partial charge in [0.15, 0.2) is 0 Å². The summed E-state index contributed by atoms with van der Waals surface area (Å²) in [6, 6.07) is 4.13. The van der Waals surface area contributed by atoms with Gasteiger partial charge in [-0.25, -0.2) is 0 Å². The monoisotopic (exact) mass is 249 g/mol. The van der Waals surface area contributed by atoms with E-state index in [1.807, 2.05) is 6.07 Å². The van der Waals surface area contributed by atoms with E-state index in [4.69, 9.17) is 9.47 Å². The summed E-state index contributed by atoms with van der Waals surface area (Å²) in [7, 11) is 3.43. The van der Waals surface area contributed by atoms with Crippen LogP contribution in [-0.4, -0.2) is 20.8 Å². The Morgan fingerprint density at radius 2 is 2.06 bits per heavy atom. The zero-order chi connectivity index (χ0) is 13.2. The summed E-state index contributed by atoms with van der Waals surface area (Å²) in [4.78, 5) is 0. The third kappa shape index (κ3) is 2.19. The second-order valence-corrected chi connectivity index (χ2v) is 5.07. The van der Waals surface area contributed by atoms with Crippen molar-refractivity contribution in [2.24, 2.45) is 0 Å². The third-order valence-corrected chi connectivity index (χ3v) is 3.95. The van der Waals surface area contributed by atoms with E-state index in [0.29, 0.717) is 0 Å². The normalized spacial score (nSPS) is 23.1. The van der Waals surface area contributed by atoms with Crippen LogP contribution in [0.3, 0.4) is 0 Å². The summed E-state index contributed by atoms with van der Waals surface area (Å²) < 4.78 is 10.9. The van der Waals surface area contributed by atoms with Crippen molar-refractivity contribution in [2.45, 2.75) is 38.6 Å². The second-order valence-electron chi connectivity index (χ2n) is 5.07. The number of benzene rings is 1. The molecule has 1 N–H and O–H groups in total. The van der Waals surface area contributed by atoms with Gasteiger partial charge in [0, 0.05) is 11.6 Å². The molecule has 0 aromatic heterocycles. The van der Waals surface area contributed by atoms with Gasteiger partial charge in [0.2, 0.25) is 0 Å². The lowest BCUT2D eigenvalue weighted by atomic mass is 9.85. The molecule has 0 saturated carbocycles. The van der Waals surface area contributed by atoms with Gasteiger partial charge in [-0.1, -0.05) is 6.92 Å². The molecular formula is C15H23NO2. The molecule has 2 rings (SSSR count). The van der Waals surface area contributed by atoms with E-state index in [-0.39, 0.29) is 5.54 Å². The summed E-state index contributed by atoms with van der Waals surface area (Å²) in [5.74, 6) is 1.80. The number of rotatable bonds is 4. The highest BCUT2D eigenvalue weighted by molar-refractivity contribution is 5.49. The van der Waals surface area contributed by atoms with Crippen molar-refractivity contribution >= 4 is 0 Å². The van der Waals surface area contributed by atoms with Gasteiger partial charge in [0.25, 0.3) is 0 Å². The molecule has 1 aliphatic heterocycles. The molecule has 0 amide bonds. The van der Waals surface area contributed by atoms with Crippen molar-refractivity contribution in [1.29, 1.82) is 0 Å². The molecule has 0 bridgehead atoms. The van der Waals surface area contributed by atoms with Gasteiger partial charge in [-0.05, 0) is 49.9 Å². The maximum absolute atomic E-state index is 5.52. The first-order valence-corrected chi connectivity index (χ1v) is 6.65. The largest absolute Gasteiger partial charge is 0.497 e. The molecule has 1 aliphatic rings. The molecule has 1 saturated heterocycles. The van der Waals surface area contributed by atoms with Gasteiger partial charge >= 0.3 is 0 Å². The summed E-state index contributed by atoms with van der Waals surface area (Å²) >= 11 is 0. The van der Waals surface area contributed by atoms with E-state index in [0.717, 1.165) is 30.9 Å². The smallest absolute Gasteiger partial charge is 0.126 e. The lowest BCUT2D eigenvalue weighted by Gasteiger charge is -2.29. The molecule has 1 fully saturated rings. The molecule has 18 heavy (non-hydrogen) atoms. The predicted octanol–water partition coefficient (Wildman–Crippen LogP) is 2.86. The Morgan fingerprint density at radius 1 is 1.28 bits per heavy atom. The van der Waals surface area contributed by atoms with E-state index in [1.165, 1.54) is 17.5 Å². The molecule has 1 atom stereocenters. The summed E-state index contributed by atoms with van der Waals surface area (Å²) in [5, 5.41) is 3.62. The highest BCUT2D eigenvalue weighted by Gasteiger charge is 2.33. The molecule has 3 nitrogen and oxygen atoms in total. The topological polar surface area (TPSA) is 30.5 Å². The number of hydrogen-bond acceptors (Lipinski definition) is 3. The van der Waals surface area contributed by atoms with Crippen molar-refractivity contribution in [3.05, 3.63) is 23.3 Å². The number of hydrogen-bond donors (Lipinski definition) is 1. The van der Waals surface area contributed by atoms with Gasteiger partial charge in [0.1, 0.15) is 11.5 Å². The Kier molecular flexibility index (Phi) is 3.81. The van der Waals surface area contributed by atoms with E-state index in [9.17, 15) is 0 Å². The molecule has 0 aliphatic carbocycles. The molecule has 1 heterocycles. The molecule has 1 aromatic carbocycles. The molecule has 1 unspecified atom stereocenters. The molecule has 1 aromatic rings. The lowest BCUT2D eigenvalue weighted by molar-refractivity contribution is 0.378. The van der Waals surface area contributed by atoms with E-state index in [2.05, 4.69) is 25.2 Å². The lowest BCUT2D eigenvalue weighted by Crippen LogP contribution is -2.34. The fourth-order valence-corrected chi connectivity index (χ4v) is 2.90. The van der Waals surface area contributed by atoms with Crippen molar-refractivity contribution < 1.29 is 9.47 Å². The number of nitrogens with one attached hydrogen (secondary N) is 1. The molecule has 0 spiro atoms. The third-order valence-electron chi connectivity index (χ3n) is 3.95. The second kappa shape index (κ2) is 5.19. The molecule has 3 heteroatoms. The average molecular weight is 249 g/mol. The fourth-order valence-electron chi connectivity index (χ4n) is 2.90. The van der Waals surface area contributed by atoms with Crippen molar-refractivity contribution in [2.75, 3.05) is 20.8 Å². The maximum atomic E-state index is 5.52. The van der Waals surface area contributed by atoms with E-state index in [1.54, 1.807) is 14.2 Å². The fraction of sp³-hybridized carbons (Fsp3) is 0.600. The number of ether oxygens (including phenoxy) is 2. The predicted molar refractivity (Wildman–Crippen MR) is 73.5 cm³/mol. The van der Waals surface area contributed by atoms with Crippen LogP contribution in [0.1, 0.15) is 37.8 Å². The highest BCUT2D eigenvalue weighted by Crippen LogP contribution is 2.39. The van der Waals surface area contributed by atoms with Crippen LogP contribution in [0.4, 0.5) is 0 Å². The van der Waals surface area contributed by atoms with Gasteiger partial charge in [-0.2, -0.15) is 0 Å². The van der Waals surface area contributed by atoms with Crippen LogP contribution in [0.5, 0.6) is 11.5 Å². The molecule has 0 radical (unpaired) electrons. The Hall–Kier alpha value is -1.22. The van der Waals surface area contributed by atoms with Gasteiger partial charge in [0.05, 0.1) is 14.2 Å². The number of methoxy groups -OCH3 is 2. The zero-order valence-electron chi connectivity index (χ0n) is 11.8. The van der Waals surface area contributed by atoms with Gasteiger partial charge in [-0.3, -0.25) is 0 Å². The highest BCUT2D eigenvalue weighted by atomic mass is 16.5. The average Bonchev–Trinajstić information content (AvgIpc) is 2.85. The molecular weight excluding hydrogens is 226 g/mol. The first-order valence-electron chi connectivity index (χ1n) is 6.65. The van der Waals surface area contributed by atoms with E-state index < -0.39 is 0 Å². The minimum absolute atomic E-state index is 0.0488. The Bertz CT molecular complexity index is 423. The summed E-state index contributed by atoms with van der Waals surface area (Å²) in [6.07, 6.45) is 3.36. The first-order chi connectivity index (χ1) is 8.64. The SMILES string of the molecule is CCc1c(OC)cc(OC)cc1C1(C)CCCN1. The van der Waals surface area contributed by atoms with Crippen molar-refractivity contribution in [1.82, 2.24) is 5.32 Å². The van der Waals surface area contributed by atoms with Crippen LogP contribution < -0.4 is 14.8 Å². The van der Waals surface area contributed by atoms with Crippen molar-refractivity contribution in [3.63, 3.8) is 0 Å². The van der Waals surface area contributed by atoms with Gasteiger partial charge < -0.3 is 14.8 Å². The maximum Gasteiger partial charge on any atom is 0.126 e. The van der Waals surface area contributed by atoms with Crippen LogP contribution in [0.25, 0.3) is 0 Å². The van der Waals surface area contributed by atoms with E-state index >= 15 is 0 Å². The van der Waals surface area contributed by atoms with Crippen LogP contribution in [-0.2, 0) is 12.0 Å². The summed E-state index contributed by atoms with van der Waals surface area (Å²) in [6.45, 7) is 5.53. The quantitative estimate of drug-likeness (QED) is 0.890. The zero-order valence-corrected chi connectivity index (χ0v) is 11.8. The molecule has 100 valence electrons. The Labute approximate surface area is 109 Å². The van der Waals surface area contributed by atoms with Gasteiger partial charge in [-0.15, -0.1) is 0 Å².